The largest absolute Gasteiger partial charge is 0.508 e. The number of phenolic OH excluding ortho intramolecular Hbond substituents is 1. The topological polar surface area (TPSA) is 109 Å². The molecule has 142 valence electrons. The van der Waals surface area contributed by atoms with Crippen molar-refractivity contribution in [3.05, 3.63) is 47.7 Å². The van der Waals surface area contributed by atoms with Gasteiger partial charge in [0, 0.05) is 6.54 Å². The highest BCUT2D eigenvalue weighted by Crippen LogP contribution is 2.34. The average molecular weight is 368 g/mol. The Bertz CT molecular complexity index is 851. The molecule has 1 aliphatic heterocycles. The maximum Gasteiger partial charge on any atom is 0.313 e. The fraction of sp³-hybridized carbons (Fsp3) is 0.350. The van der Waals surface area contributed by atoms with Gasteiger partial charge in [-0.05, 0) is 55.0 Å². The normalized spacial score (nSPS) is 19.6. The third kappa shape index (κ3) is 4.19. The fourth-order valence-corrected chi connectivity index (χ4v) is 3.39. The molecule has 1 saturated heterocycles. The lowest BCUT2D eigenvalue weighted by molar-refractivity contribution is -0.146. The molecule has 0 saturated carbocycles. The molecule has 1 aliphatic rings. The van der Waals surface area contributed by atoms with Crippen LogP contribution in [0.3, 0.4) is 0 Å². The number of hydrogen-bond acceptors (Lipinski definition) is 5. The molecule has 3 rings (SSSR count). The summed E-state index contributed by atoms with van der Waals surface area (Å²) in [4.78, 5) is 31.0. The Kier molecular flexibility index (Phi) is 5.30. The molecule has 27 heavy (non-hydrogen) atoms. The minimum atomic E-state index is -0.696. The standard InChI is InChI=1S/C20H24N4O3/c1-12-3-8-17(14-4-6-16(25)7-5-14)24(11-12)20(27)19(26)23-15-9-13(2)18(21)22-10-15/h4-7,9-10,12,17,25H,3,8,11H2,1-2H3,(H2,21,22)(H,23,26)/t12-,17?/m0/s1. The molecule has 0 aliphatic carbocycles. The molecule has 7 heteroatoms. The van der Waals surface area contributed by atoms with E-state index in [9.17, 15) is 14.7 Å². The number of likely N-dealkylation sites (tertiary alicyclic amines) is 1. The second-order valence-electron chi connectivity index (χ2n) is 7.13. The van der Waals surface area contributed by atoms with Crippen molar-refractivity contribution in [1.82, 2.24) is 9.88 Å². The molecule has 0 radical (unpaired) electrons. The van der Waals surface area contributed by atoms with Crippen LogP contribution in [0.4, 0.5) is 11.5 Å². The number of nitrogens with one attached hydrogen (secondary N) is 1. The molecule has 1 unspecified atom stereocenters. The first kappa shape index (κ1) is 18.7. The van der Waals surface area contributed by atoms with Gasteiger partial charge in [-0.3, -0.25) is 9.59 Å². The molecule has 0 spiro atoms. The smallest absolute Gasteiger partial charge is 0.313 e. The van der Waals surface area contributed by atoms with Crippen molar-refractivity contribution in [2.24, 2.45) is 5.92 Å². The average Bonchev–Trinajstić information content (AvgIpc) is 2.65. The summed E-state index contributed by atoms with van der Waals surface area (Å²) in [6.07, 6.45) is 3.18. The zero-order chi connectivity index (χ0) is 19.6. The number of nitrogens with two attached hydrogens (primary N) is 1. The second-order valence-corrected chi connectivity index (χ2v) is 7.13. The summed E-state index contributed by atoms with van der Waals surface area (Å²) in [5.41, 5.74) is 7.76. The number of piperidine rings is 1. The van der Waals surface area contributed by atoms with E-state index in [-0.39, 0.29) is 11.8 Å². The number of aromatic nitrogens is 1. The Morgan fingerprint density at radius 2 is 1.96 bits per heavy atom. The molecular formula is C20H24N4O3. The molecule has 1 aromatic heterocycles. The van der Waals surface area contributed by atoms with Crippen molar-refractivity contribution in [2.75, 3.05) is 17.6 Å². The van der Waals surface area contributed by atoms with Crippen LogP contribution in [0.25, 0.3) is 0 Å². The van der Waals surface area contributed by atoms with E-state index in [0.717, 1.165) is 24.0 Å². The van der Waals surface area contributed by atoms with Crippen molar-refractivity contribution >= 4 is 23.3 Å². The van der Waals surface area contributed by atoms with E-state index < -0.39 is 11.8 Å². The molecule has 1 fully saturated rings. The third-order valence-corrected chi connectivity index (χ3v) is 4.93. The molecular weight excluding hydrogens is 344 g/mol. The van der Waals surface area contributed by atoms with Crippen molar-refractivity contribution < 1.29 is 14.7 Å². The molecule has 0 bridgehead atoms. The Morgan fingerprint density at radius 1 is 1.26 bits per heavy atom. The van der Waals surface area contributed by atoms with Crippen molar-refractivity contribution in [2.45, 2.75) is 32.7 Å². The number of aromatic hydroxyl groups is 1. The van der Waals surface area contributed by atoms with E-state index >= 15 is 0 Å². The Balaban J connectivity index is 1.79. The van der Waals surface area contributed by atoms with Gasteiger partial charge in [-0.2, -0.15) is 0 Å². The van der Waals surface area contributed by atoms with Gasteiger partial charge in [0.25, 0.3) is 0 Å². The van der Waals surface area contributed by atoms with Crippen molar-refractivity contribution in [3.63, 3.8) is 0 Å². The van der Waals surface area contributed by atoms with Gasteiger partial charge in [0.05, 0.1) is 17.9 Å². The molecule has 7 nitrogen and oxygen atoms in total. The number of pyridine rings is 1. The van der Waals surface area contributed by atoms with Gasteiger partial charge in [0.1, 0.15) is 11.6 Å². The highest BCUT2D eigenvalue weighted by molar-refractivity contribution is 6.39. The maximum absolute atomic E-state index is 12.9. The zero-order valence-electron chi connectivity index (χ0n) is 15.5. The summed E-state index contributed by atoms with van der Waals surface area (Å²) < 4.78 is 0. The van der Waals surface area contributed by atoms with E-state index in [2.05, 4.69) is 17.2 Å². The summed E-state index contributed by atoms with van der Waals surface area (Å²) in [7, 11) is 0. The Morgan fingerprint density at radius 3 is 2.63 bits per heavy atom. The van der Waals surface area contributed by atoms with Gasteiger partial charge in [-0.1, -0.05) is 19.1 Å². The molecule has 4 N–H and O–H groups in total. The lowest BCUT2D eigenvalue weighted by Crippen LogP contribution is -2.46. The number of phenols is 1. The van der Waals surface area contributed by atoms with E-state index in [1.807, 2.05) is 0 Å². The first-order valence-electron chi connectivity index (χ1n) is 8.98. The van der Waals surface area contributed by atoms with Crippen LogP contribution in [0.1, 0.15) is 36.9 Å². The van der Waals surface area contributed by atoms with Crippen LogP contribution in [0.15, 0.2) is 36.5 Å². The van der Waals surface area contributed by atoms with Gasteiger partial charge in [0.15, 0.2) is 0 Å². The highest BCUT2D eigenvalue weighted by Gasteiger charge is 2.34. The van der Waals surface area contributed by atoms with Gasteiger partial charge < -0.3 is 21.1 Å². The van der Waals surface area contributed by atoms with Gasteiger partial charge in [-0.25, -0.2) is 4.98 Å². The van der Waals surface area contributed by atoms with E-state index in [1.54, 1.807) is 42.2 Å². The number of carbonyl (C=O) groups excluding carboxylic acids is 2. The van der Waals surface area contributed by atoms with Crippen LogP contribution in [-0.4, -0.2) is 33.3 Å². The number of carbonyl (C=O) groups is 2. The monoisotopic (exact) mass is 368 g/mol. The molecule has 2 atom stereocenters. The summed E-state index contributed by atoms with van der Waals surface area (Å²) in [6, 6.07) is 8.27. The molecule has 1 aromatic carbocycles. The van der Waals surface area contributed by atoms with Crippen molar-refractivity contribution in [3.8, 4) is 5.75 Å². The SMILES string of the molecule is Cc1cc(NC(=O)C(=O)N2C[C@@H](C)CCC2c2ccc(O)cc2)cnc1N. The van der Waals surface area contributed by atoms with Gasteiger partial charge in [-0.15, -0.1) is 0 Å². The van der Waals surface area contributed by atoms with E-state index in [0.29, 0.717) is 24.0 Å². The number of benzene rings is 1. The zero-order valence-corrected chi connectivity index (χ0v) is 15.5. The Hall–Kier alpha value is -3.09. The number of aryl methyl sites for hydroxylation is 1. The lowest BCUT2D eigenvalue weighted by Gasteiger charge is -2.38. The maximum atomic E-state index is 12.9. The highest BCUT2D eigenvalue weighted by atomic mass is 16.3. The lowest BCUT2D eigenvalue weighted by atomic mass is 9.90. The summed E-state index contributed by atoms with van der Waals surface area (Å²) in [5, 5.41) is 12.1. The summed E-state index contributed by atoms with van der Waals surface area (Å²) in [6.45, 7) is 4.36. The van der Waals surface area contributed by atoms with E-state index in [1.165, 1.54) is 6.20 Å². The molecule has 2 amide bonds. The predicted octanol–water partition coefficient (Wildman–Crippen LogP) is 2.62. The first-order chi connectivity index (χ1) is 12.8. The minimum absolute atomic E-state index is 0.171. The van der Waals surface area contributed by atoms with Gasteiger partial charge >= 0.3 is 11.8 Å². The first-order valence-corrected chi connectivity index (χ1v) is 8.98. The van der Waals surface area contributed by atoms with E-state index in [4.69, 9.17) is 5.73 Å². The number of rotatable bonds is 2. The molecule has 2 aromatic rings. The summed E-state index contributed by atoms with van der Waals surface area (Å²) >= 11 is 0. The fourth-order valence-electron chi connectivity index (χ4n) is 3.39. The van der Waals surface area contributed by atoms with Gasteiger partial charge in [0.2, 0.25) is 0 Å². The number of nitrogens with zero attached hydrogens (tertiary/aromatic N) is 2. The number of nitrogen functional groups attached to an aromatic ring is 1. The Labute approximate surface area is 158 Å². The van der Waals surface area contributed by atoms with Crippen LogP contribution < -0.4 is 11.1 Å². The number of hydrogen-bond donors (Lipinski definition) is 3. The number of anilines is 2. The quantitative estimate of drug-likeness (QED) is 0.706. The third-order valence-electron chi connectivity index (χ3n) is 4.93. The van der Waals surface area contributed by atoms with Crippen LogP contribution in [0, 0.1) is 12.8 Å². The number of amides is 2. The molecule has 2 heterocycles. The van der Waals surface area contributed by atoms with Crippen LogP contribution >= 0.6 is 0 Å². The minimum Gasteiger partial charge on any atom is -0.508 e. The van der Waals surface area contributed by atoms with Crippen molar-refractivity contribution in [1.29, 1.82) is 0 Å². The van der Waals surface area contributed by atoms with Crippen LogP contribution in [0.5, 0.6) is 5.75 Å². The summed E-state index contributed by atoms with van der Waals surface area (Å²) in [5.74, 6) is -0.398. The van der Waals surface area contributed by atoms with Crippen LogP contribution in [-0.2, 0) is 9.59 Å². The van der Waals surface area contributed by atoms with Crippen LogP contribution in [0.2, 0.25) is 0 Å². The predicted molar refractivity (Wildman–Crippen MR) is 103 cm³/mol. The second kappa shape index (κ2) is 7.65.